The number of carbonyl (C=O) groups excluding carboxylic acids is 1. The first kappa shape index (κ1) is 19.5. The second-order valence-electron chi connectivity index (χ2n) is 5.94. The summed E-state index contributed by atoms with van der Waals surface area (Å²) in [6, 6.07) is 5.60. The van der Waals surface area contributed by atoms with Gasteiger partial charge in [0.1, 0.15) is 0 Å². The zero-order valence-corrected chi connectivity index (χ0v) is 15.5. The normalized spacial score (nSPS) is 23.9. The zero-order valence-electron chi connectivity index (χ0n) is 14.0. The van der Waals surface area contributed by atoms with Gasteiger partial charge in [0.15, 0.2) is 6.29 Å². The number of methoxy groups -OCH3 is 1. The molecule has 0 bridgehead atoms. The van der Waals surface area contributed by atoms with Gasteiger partial charge in [0.05, 0.1) is 22.6 Å². The molecule has 0 aliphatic carbocycles. The first-order valence-electron chi connectivity index (χ1n) is 8.08. The van der Waals surface area contributed by atoms with E-state index in [9.17, 15) is 4.79 Å². The number of amides is 1. The summed E-state index contributed by atoms with van der Waals surface area (Å²) in [7, 11) is 3.59. The molecule has 1 aromatic rings. The number of nitrogens with one attached hydrogen (secondary N) is 2. The van der Waals surface area contributed by atoms with Gasteiger partial charge in [-0.15, -0.1) is 0 Å². The number of halogens is 2. The van der Waals surface area contributed by atoms with Crippen molar-refractivity contribution >= 4 is 29.1 Å². The number of benzene rings is 1. The molecule has 1 fully saturated rings. The molecular weight excluding hydrogens is 351 g/mol. The Morgan fingerprint density at radius 3 is 2.79 bits per heavy atom. The minimum atomic E-state index is -0.187. The molecule has 1 aromatic carbocycles. The SMILES string of the molecule is CN[C@H]1C[C@@H](CCNC(=O)Cc2ccc(Cl)c(Cl)c2)O[C@@H](OC)C1. The molecule has 2 N–H and O–H groups in total. The van der Waals surface area contributed by atoms with Gasteiger partial charge in [-0.3, -0.25) is 4.79 Å². The molecular formula is C17H24Cl2N2O3. The molecule has 1 heterocycles. The maximum absolute atomic E-state index is 12.0. The Morgan fingerprint density at radius 1 is 1.33 bits per heavy atom. The third-order valence-corrected chi connectivity index (χ3v) is 4.92. The summed E-state index contributed by atoms with van der Waals surface area (Å²) >= 11 is 11.8. The predicted octanol–water partition coefficient (Wildman–Crippen LogP) is 2.78. The highest BCUT2D eigenvalue weighted by atomic mass is 35.5. The van der Waals surface area contributed by atoms with Crippen LogP contribution < -0.4 is 10.6 Å². The maximum atomic E-state index is 12.0. The molecule has 24 heavy (non-hydrogen) atoms. The fourth-order valence-corrected chi connectivity index (χ4v) is 3.14. The van der Waals surface area contributed by atoms with Gasteiger partial charge in [-0.05, 0) is 37.6 Å². The van der Waals surface area contributed by atoms with E-state index in [1.807, 2.05) is 7.05 Å². The number of ether oxygens (including phenoxy) is 2. The number of rotatable bonds is 7. The van der Waals surface area contributed by atoms with Crippen LogP contribution in [0.4, 0.5) is 0 Å². The standard InChI is InChI=1S/C17H24Cl2N2O3/c1-20-12-9-13(24-17(10-12)23-2)5-6-21-16(22)8-11-3-4-14(18)15(19)7-11/h3-4,7,12-13,17,20H,5-6,8-10H2,1-2H3,(H,21,22)/t12-,13+,17+/m0/s1. The van der Waals surface area contributed by atoms with Crippen molar-refractivity contribution in [1.82, 2.24) is 10.6 Å². The van der Waals surface area contributed by atoms with E-state index in [0.717, 1.165) is 24.8 Å². The Kier molecular flexibility index (Phi) is 7.78. The van der Waals surface area contributed by atoms with E-state index in [-0.39, 0.29) is 24.7 Å². The van der Waals surface area contributed by atoms with Gasteiger partial charge in [0, 0.05) is 26.1 Å². The average molecular weight is 375 g/mol. The molecule has 0 spiro atoms. The van der Waals surface area contributed by atoms with E-state index in [2.05, 4.69) is 10.6 Å². The molecule has 1 aliphatic heterocycles. The maximum Gasteiger partial charge on any atom is 0.224 e. The van der Waals surface area contributed by atoms with Gasteiger partial charge >= 0.3 is 0 Å². The lowest BCUT2D eigenvalue weighted by molar-refractivity contribution is -0.187. The van der Waals surface area contributed by atoms with Gasteiger partial charge in [0.25, 0.3) is 0 Å². The van der Waals surface area contributed by atoms with Crippen LogP contribution in [0.5, 0.6) is 0 Å². The minimum absolute atomic E-state index is 0.0438. The smallest absolute Gasteiger partial charge is 0.224 e. The van der Waals surface area contributed by atoms with Crippen molar-refractivity contribution in [2.45, 2.75) is 44.1 Å². The van der Waals surface area contributed by atoms with Gasteiger partial charge in [-0.2, -0.15) is 0 Å². The highest BCUT2D eigenvalue weighted by Gasteiger charge is 2.28. The summed E-state index contributed by atoms with van der Waals surface area (Å²) < 4.78 is 11.2. The molecule has 3 atom stereocenters. The van der Waals surface area contributed by atoms with E-state index in [1.54, 1.807) is 25.3 Å². The monoisotopic (exact) mass is 374 g/mol. The summed E-state index contributed by atoms with van der Waals surface area (Å²) in [5, 5.41) is 7.14. The molecule has 0 unspecified atom stereocenters. The first-order valence-corrected chi connectivity index (χ1v) is 8.83. The Bertz CT molecular complexity index is 545. The predicted molar refractivity (Wildman–Crippen MR) is 95.5 cm³/mol. The van der Waals surface area contributed by atoms with Crippen molar-refractivity contribution in [2.24, 2.45) is 0 Å². The third kappa shape index (κ3) is 5.90. The molecule has 7 heteroatoms. The second-order valence-corrected chi connectivity index (χ2v) is 6.76. The summed E-state index contributed by atoms with van der Waals surface area (Å²) in [6.07, 6.45) is 2.68. The fraction of sp³-hybridized carbons (Fsp3) is 0.588. The van der Waals surface area contributed by atoms with Gasteiger partial charge in [0.2, 0.25) is 5.91 Å². The van der Waals surface area contributed by atoms with Crippen LogP contribution >= 0.6 is 23.2 Å². The number of carbonyl (C=O) groups is 1. The Morgan fingerprint density at radius 2 is 2.12 bits per heavy atom. The van der Waals surface area contributed by atoms with Crippen molar-refractivity contribution in [3.05, 3.63) is 33.8 Å². The van der Waals surface area contributed by atoms with Crippen molar-refractivity contribution < 1.29 is 14.3 Å². The van der Waals surface area contributed by atoms with Crippen molar-refractivity contribution in [3.8, 4) is 0 Å². The number of hydrogen-bond donors (Lipinski definition) is 2. The van der Waals surface area contributed by atoms with E-state index < -0.39 is 0 Å². The Labute approximate surface area is 153 Å². The molecule has 1 amide bonds. The molecule has 0 aromatic heterocycles. The average Bonchev–Trinajstić information content (AvgIpc) is 2.57. The van der Waals surface area contributed by atoms with E-state index in [0.29, 0.717) is 22.6 Å². The largest absolute Gasteiger partial charge is 0.356 e. The van der Waals surface area contributed by atoms with Crippen molar-refractivity contribution in [1.29, 1.82) is 0 Å². The van der Waals surface area contributed by atoms with Gasteiger partial charge in [-0.1, -0.05) is 29.3 Å². The minimum Gasteiger partial charge on any atom is -0.356 e. The summed E-state index contributed by atoms with van der Waals surface area (Å²) in [4.78, 5) is 12.0. The van der Waals surface area contributed by atoms with Crippen LogP contribution in [0.1, 0.15) is 24.8 Å². The molecule has 134 valence electrons. The topological polar surface area (TPSA) is 59.6 Å². The van der Waals surface area contributed by atoms with E-state index in [4.69, 9.17) is 32.7 Å². The van der Waals surface area contributed by atoms with Crippen LogP contribution in [-0.4, -0.2) is 45.0 Å². The fourth-order valence-electron chi connectivity index (χ4n) is 2.82. The van der Waals surface area contributed by atoms with Crippen LogP contribution in [0, 0.1) is 0 Å². The lowest BCUT2D eigenvalue weighted by Crippen LogP contribution is -2.43. The lowest BCUT2D eigenvalue weighted by Gasteiger charge is -2.34. The van der Waals surface area contributed by atoms with E-state index in [1.165, 1.54) is 0 Å². The Balaban J connectivity index is 1.74. The quantitative estimate of drug-likeness (QED) is 0.770. The lowest BCUT2D eigenvalue weighted by atomic mass is 10.0. The van der Waals surface area contributed by atoms with E-state index >= 15 is 0 Å². The summed E-state index contributed by atoms with van der Waals surface area (Å²) in [6.45, 7) is 0.567. The van der Waals surface area contributed by atoms with Crippen LogP contribution in [0.25, 0.3) is 0 Å². The zero-order chi connectivity index (χ0) is 17.5. The van der Waals surface area contributed by atoms with Gasteiger partial charge in [-0.25, -0.2) is 0 Å². The number of hydrogen-bond acceptors (Lipinski definition) is 4. The molecule has 1 aliphatic rings. The van der Waals surface area contributed by atoms with Crippen molar-refractivity contribution in [2.75, 3.05) is 20.7 Å². The van der Waals surface area contributed by atoms with Crippen LogP contribution in [-0.2, 0) is 20.7 Å². The van der Waals surface area contributed by atoms with Gasteiger partial charge < -0.3 is 20.1 Å². The second kappa shape index (κ2) is 9.59. The highest BCUT2D eigenvalue weighted by Crippen LogP contribution is 2.23. The molecule has 0 saturated carbocycles. The summed E-state index contributed by atoms with van der Waals surface area (Å²) in [5.41, 5.74) is 0.838. The first-order chi connectivity index (χ1) is 11.5. The third-order valence-electron chi connectivity index (χ3n) is 4.18. The Hall–Kier alpha value is -0.850. The molecule has 2 rings (SSSR count). The molecule has 5 nitrogen and oxygen atoms in total. The highest BCUT2D eigenvalue weighted by molar-refractivity contribution is 6.42. The van der Waals surface area contributed by atoms with Crippen LogP contribution in [0.3, 0.4) is 0 Å². The van der Waals surface area contributed by atoms with Crippen LogP contribution in [0.15, 0.2) is 18.2 Å². The molecule has 0 radical (unpaired) electrons. The summed E-state index contributed by atoms with van der Waals surface area (Å²) in [5.74, 6) is -0.0438. The van der Waals surface area contributed by atoms with Crippen LogP contribution in [0.2, 0.25) is 10.0 Å². The molecule has 1 saturated heterocycles. The van der Waals surface area contributed by atoms with Crippen molar-refractivity contribution in [3.63, 3.8) is 0 Å².